The molecule has 0 radical (unpaired) electrons. The van der Waals surface area contributed by atoms with Gasteiger partial charge in [0.15, 0.2) is 0 Å². The monoisotopic (exact) mass is 436 g/mol. The van der Waals surface area contributed by atoms with Crippen molar-refractivity contribution in [2.45, 2.75) is 70.5 Å². The second kappa shape index (κ2) is 10.5. The van der Waals surface area contributed by atoms with Gasteiger partial charge < -0.3 is 4.57 Å². The van der Waals surface area contributed by atoms with Crippen LogP contribution in [0, 0.1) is 23.2 Å². The summed E-state index contributed by atoms with van der Waals surface area (Å²) in [6.07, 6.45) is 6.92. The number of imidazole rings is 1. The van der Waals surface area contributed by atoms with Crippen LogP contribution in [0.25, 0.3) is 11.1 Å². The van der Waals surface area contributed by atoms with Crippen LogP contribution in [-0.4, -0.2) is 21.6 Å². The highest BCUT2D eigenvalue weighted by molar-refractivity contribution is 5.64. The van der Waals surface area contributed by atoms with Crippen molar-refractivity contribution >= 4 is 0 Å². The molecule has 1 N–H and O–H groups in total. The van der Waals surface area contributed by atoms with Gasteiger partial charge in [-0.3, -0.25) is 5.32 Å². The number of benzene rings is 2. The molecule has 0 spiro atoms. The summed E-state index contributed by atoms with van der Waals surface area (Å²) in [7, 11) is 0. The highest BCUT2D eigenvalue weighted by Crippen LogP contribution is 2.37. The van der Waals surface area contributed by atoms with Gasteiger partial charge in [-0.1, -0.05) is 69.0 Å². The summed E-state index contributed by atoms with van der Waals surface area (Å²) in [4.78, 5) is 4.41. The Bertz CT molecular complexity index is 1150. The number of nitrogens with zero attached hydrogens (tertiary/aromatic N) is 3. The van der Waals surface area contributed by atoms with E-state index in [-0.39, 0.29) is 6.04 Å². The lowest BCUT2D eigenvalue weighted by Crippen LogP contribution is -2.44. The maximum Gasteiger partial charge on any atom is 0.112 e. The average molecular weight is 437 g/mol. The SMILES string of the molecule is CCC(C#N)NC1CC(c2ccc(-c3ccc(C#CCn4ccnc4C(C)C)cc3)cc2)C1. The van der Waals surface area contributed by atoms with Gasteiger partial charge in [-0.05, 0) is 54.0 Å². The van der Waals surface area contributed by atoms with Crippen molar-refractivity contribution in [3.63, 3.8) is 0 Å². The van der Waals surface area contributed by atoms with Crippen LogP contribution in [0.15, 0.2) is 60.9 Å². The van der Waals surface area contributed by atoms with Crippen LogP contribution < -0.4 is 5.32 Å². The molecule has 1 atom stereocenters. The Balaban J connectivity index is 1.33. The number of rotatable bonds is 7. The molecule has 1 fully saturated rings. The third kappa shape index (κ3) is 5.54. The van der Waals surface area contributed by atoms with Crippen LogP contribution >= 0.6 is 0 Å². The first-order chi connectivity index (χ1) is 16.1. The lowest BCUT2D eigenvalue weighted by Gasteiger charge is -2.37. The summed E-state index contributed by atoms with van der Waals surface area (Å²) in [5.74, 6) is 8.60. The Morgan fingerprint density at radius 2 is 1.73 bits per heavy atom. The molecule has 168 valence electrons. The zero-order chi connectivity index (χ0) is 23.2. The number of hydrogen-bond acceptors (Lipinski definition) is 3. The van der Waals surface area contributed by atoms with E-state index in [0.29, 0.717) is 24.4 Å². The summed E-state index contributed by atoms with van der Waals surface area (Å²) >= 11 is 0. The number of hydrogen-bond donors (Lipinski definition) is 1. The maximum atomic E-state index is 9.12. The summed E-state index contributed by atoms with van der Waals surface area (Å²) in [6.45, 7) is 7.01. The molecule has 0 bridgehead atoms. The average Bonchev–Trinajstić information content (AvgIpc) is 3.28. The van der Waals surface area contributed by atoms with E-state index in [1.165, 1.54) is 16.7 Å². The summed E-state index contributed by atoms with van der Waals surface area (Å²) in [5.41, 5.74) is 4.85. The minimum atomic E-state index is -0.0191. The van der Waals surface area contributed by atoms with Gasteiger partial charge in [0.2, 0.25) is 0 Å². The third-order valence-corrected chi connectivity index (χ3v) is 6.49. The van der Waals surface area contributed by atoms with E-state index in [9.17, 15) is 0 Å². The Labute approximate surface area is 197 Å². The normalized spacial score (nSPS) is 18.2. The lowest BCUT2D eigenvalue weighted by atomic mass is 9.75. The van der Waals surface area contributed by atoms with Gasteiger partial charge in [-0.25, -0.2) is 4.98 Å². The number of nitriles is 1. The van der Waals surface area contributed by atoms with Crippen LogP contribution in [0.2, 0.25) is 0 Å². The van der Waals surface area contributed by atoms with Crippen molar-refractivity contribution in [1.82, 2.24) is 14.9 Å². The van der Waals surface area contributed by atoms with Gasteiger partial charge in [0.25, 0.3) is 0 Å². The highest BCUT2D eigenvalue weighted by atomic mass is 15.1. The summed E-state index contributed by atoms with van der Waals surface area (Å²) < 4.78 is 2.11. The van der Waals surface area contributed by atoms with Gasteiger partial charge in [-0.15, -0.1) is 0 Å². The predicted molar refractivity (Wildman–Crippen MR) is 134 cm³/mol. The maximum absolute atomic E-state index is 9.12. The fourth-order valence-electron chi connectivity index (χ4n) is 4.43. The Hall–Kier alpha value is -3.34. The smallest absolute Gasteiger partial charge is 0.112 e. The van der Waals surface area contributed by atoms with E-state index in [0.717, 1.165) is 30.7 Å². The van der Waals surface area contributed by atoms with Crippen LogP contribution in [0.3, 0.4) is 0 Å². The molecule has 1 heterocycles. The Morgan fingerprint density at radius 3 is 2.33 bits per heavy atom. The zero-order valence-corrected chi connectivity index (χ0v) is 19.8. The van der Waals surface area contributed by atoms with Gasteiger partial charge >= 0.3 is 0 Å². The molecule has 1 aromatic heterocycles. The minimum absolute atomic E-state index is 0.0191. The van der Waals surface area contributed by atoms with Crippen LogP contribution in [0.1, 0.15) is 68.8 Å². The molecule has 0 aliphatic heterocycles. The minimum Gasteiger partial charge on any atom is -0.323 e. The second-order valence-electron chi connectivity index (χ2n) is 9.19. The standard InChI is InChI=1S/C29H32N4/c1-4-27(20-30)32-28-18-26(19-28)25-13-11-24(12-14-25)23-9-7-22(8-10-23)6-5-16-33-17-15-31-29(33)21(2)3/h7-15,17,21,26-28,32H,4,16,18-19H2,1-3H3. The van der Waals surface area contributed by atoms with Gasteiger partial charge in [0.05, 0.1) is 18.7 Å². The van der Waals surface area contributed by atoms with Gasteiger partial charge in [0.1, 0.15) is 5.82 Å². The summed E-state index contributed by atoms with van der Waals surface area (Å²) in [6, 6.07) is 20.2. The van der Waals surface area contributed by atoms with E-state index < -0.39 is 0 Å². The van der Waals surface area contributed by atoms with Crippen molar-refractivity contribution in [3.8, 4) is 29.0 Å². The quantitative estimate of drug-likeness (QED) is 0.472. The fraction of sp³-hybridized carbons (Fsp3) is 0.379. The predicted octanol–water partition coefficient (Wildman–Crippen LogP) is 5.86. The molecule has 3 aromatic rings. The Morgan fingerprint density at radius 1 is 1.06 bits per heavy atom. The molecule has 1 aliphatic carbocycles. The molecule has 1 unspecified atom stereocenters. The number of nitrogens with one attached hydrogen (secondary N) is 1. The van der Waals surface area contributed by atoms with E-state index in [1.54, 1.807) is 0 Å². The molecule has 4 heteroatoms. The molecule has 0 saturated heterocycles. The topological polar surface area (TPSA) is 53.6 Å². The van der Waals surface area contributed by atoms with E-state index in [4.69, 9.17) is 5.26 Å². The van der Waals surface area contributed by atoms with Crippen molar-refractivity contribution in [2.75, 3.05) is 0 Å². The molecule has 1 aliphatic rings. The molecule has 0 amide bonds. The zero-order valence-electron chi connectivity index (χ0n) is 19.8. The van der Waals surface area contributed by atoms with Gasteiger partial charge in [-0.2, -0.15) is 5.26 Å². The lowest BCUT2D eigenvalue weighted by molar-refractivity contribution is 0.277. The van der Waals surface area contributed by atoms with Gasteiger partial charge in [0, 0.05) is 29.9 Å². The Kier molecular flexibility index (Phi) is 7.28. The van der Waals surface area contributed by atoms with Crippen LogP contribution in [0.5, 0.6) is 0 Å². The first kappa shape index (κ1) is 22.8. The largest absolute Gasteiger partial charge is 0.323 e. The van der Waals surface area contributed by atoms with E-state index in [2.05, 4.69) is 102 Å². The van der Waals surface area contributed by atoms with Crippen molar-refractivity contribution in [2.24, 2.45) is 0 Å². The highest BCUT2D eigenvalue weighted by Gasteiger charge is 2.31. The molecule has 2 aromatic carbocycles. The number of aromatic nitrogens is 2. The van der Waals surface area contributed by atoms with E-state index in [1.807, 2.05) is 12.4 Å². The molecular formula is C29H32N4. The molecule has 33 heavy (non-hydrogen) atoms. The fourth-order valence-corrected chi connectivity index (χ4v) is 4.43. The van der Waals surface area contributed by atoms with Crippen molar-refractivity contribution < 1.29 is 0 Å². The summed E-state index contributed by atoms with van der Waals surface area (Å²) in [5, 5.41) is 12.6. The second-order valence-corrected chi connectivity index (χ2v) is 9.19. The van der Waals surface area contributed by atoms with Crippen LogP contribution in [-0.2, 0) is 6.54 Å². The molecule has 1 saturated carbocycles. The van der Waals surface area contributed by atoms with Crippen molar-refractivity contribution in [3.05, 3.63) is 77.9 Å². The molecule has 4 rings (SSSR count). The molecule has 4 nitrogen and oxygen atoms in total. The van der Waals surface area contributed by atoms with Crippen molar-refractivity contribution in [1.29, 1.82) is 5.26 Å². The first-order valence-electron chi connectivity index (χ1n) is 11.9. The van der Waals surface area contributed by atoms with Crippen LogP contribution in [0.4, 0.5) is 0 Å². The third-order valence-electron chi connectivity index (χ3n) is 6.49. The van der Waals surface area contributed by atoms with E-state index >= 15 is 0 Å². The molecular weight excluding hydrogens is 404 g/mol. The first-order valence-corrected chi connectivity index (χ1v) is 11.9.